The van der Waals surface area contributed by atoms with Crippen LogP contribution in [0.25, 0.3) is 0 Å². The van der Waals surface area contributed by atoms with Crippen molar-refractivity contribution in [1.29, 1.82) is 0 Å². The third-order valence-corrected chi connectivity index (χ3v) is 4.20. The number of rotatable bonds is 2. The fourth-order valence-corrected chi connectivity index (χ4v) is 3.15. The molecule has 1 aliphatic heterocycles. The van der Waals surface area contributed by atoms with E-state index >= 15 is 0 Å². The average Bonchev–Trinajstić information content (AvgIpc) is 3.10. The van der Waals surface area contributed by atoms with Crippen LogP contribution in [0.4, 0.5) is 4.79 Å². The third kappa shape index (κ3) is 1.54. The van der Waals surface area contributed by atoms with Crippen molar-refractivity contribution in [2.75, 3.05) is 13.7 Å². The van der Waals surface area contributed by atoms with E-state index in [1.54, 1.807) is 0 Å². The highest BCUT2D eigenvalue weighted by atomic mass is 16.6. The predicted molar refractivity (Wildman–Crippen MR) is 66.6 cm³/mol. The summed E-state index contributed by atoms with van der Waals surface area (Å²) < 4.78 is 9.89. The zero-order valence-electron chi connectivity index (χ0n) is 10.6. The Bertz CT molecular complexity index is 530. The number of amides is 1. The Labute approximate surface area is 110 Å². The molecule has 5 nitrogen and oxygen atoms in total. The number of alkyl carbamates (subject to hydrolysis) is 1. The van der Waals surface area contributed by atoms with Crippen molar-refractivity contribution in [2.45, 2.75) is 23.8 Å². The summed E-state index contributed by atoms with van der Waals surface area (Å²) in [6.45, 7) is 0.305. The van der Waals surface area contributed by atoms with Crippen LogP contribution in [0.5, 0.6) is 0 Å². The summed E-state index contributed by atoms with van der Waals surface area (Å²) in [5, 5.41) is 2.68. The second kappa shape index (κ2) is 3.98. The number of hydrogen-bond donors (Lipinski definition) is 1. The van der Waals surface area contributed by atoms with Gasteiger partial charge in [-0.2, -0.15) is 0 Å². The quantitative estimate of drug-likeness (QED) is 0.817. The molecular formula is C14H15NO4. The SMILES string of the molecule is COC(=O)C12CC1(c1ccccc1)CCOC(=O)N2. The van der Waals surface area contributed by atoms with Crippen molar-refractivity contribution in [2.24, 2.45) is 0 Å². The molecule has 0 bridgehead atoms. The fourth-order valence-electron chi connectivity index (χ4n) is 3.15. The van der Waals surface area contributed by atoms with Crippen molar-refractivity contribution in [3.63, 3.8) is 0 Å². The Morgan fingerprint density at radius 3 is 2.79 bits per heavy atom. The Morgan fingerprint density at radius 1 is 1.37 bits per heavy atom. The van der Waals surface area contributed by atoms with Gasteiger partial charge in [-0.3, -0.25) is 0 Å². The first-order valence-corrected chi connectivity index (χ1v) is 6.23. The van der Waals surface area contributed by atoms with E-state index in [2.05, 4.69) is 5.32 Å². The molecule has 0 spiro atoms. The van der Waals surface area contributed by atoms with Crippen LogP contribution in [0.1, 0.15) is 18.4 Å². The molecule has 2 fully saturated rings. The molecule has 1 aromatic rings. The molecule has 1 aromatic carbocycles. The first-order chi connectivity index (χ1) is 9.14. The summed E-state index contributed by atoms with van der Waals surface area (Å²) in [5.74, 6) is -0.407. The van der Waals surface area contributed by atoms with Gasteiger partial charge >= 0.3 is 12.1 Å². The standard InChI is InChI=1S/C14H15NO4/c1-18-11(16)14-9-13(14,7-8-19-12(17)15-14)10-5-3-2-4-6-10/h2-6H,7-9H2,1H3,(H,15,17). The van der Waals surface area contributed by atoms with Gasteiger partial charge in [0.1, 0.15) is 0 Å². The minimum absolute atomic E-state index is 0.305. The molecule has 5 heteroatoms. The number of benzene rings is 1. The maximum absolute atomic E-state index is 12.1. The summed E-state index contributed by atoms with van der Waals surface area (Å²) in [6, 6.07) is 9.73. The van der Waals surface area contributed by atoms with Crippen molar-refractivity contribution in [1.82, 2.24) is 5.32 Å². The van der Waals surface area contributed by atoms with Gasteiger partial charge in [0, 0.05) is 5.41 Å². The van der Waals surface area contributed by atoms with Gasteiger partial charge in [-0.15, -0.1) is 0 Å². The van der Waals surface area contributed by atoms with Gasteiger partial charge in [0.2, 0.25) is 0 Å². The molecule has 1 saturated heterocycles. The highest BCUT2D eigenvalue weighted by molar-refractivity contribution is 5.93. The highest BCUT2D eigenvalue weighted by Crippen LogP contribution is 2.61. The minimum Gasteiger partial charge on any atom is -0.467 e. The largest absolute Gasteiger partial charge is 0.467 e. The second-order valence-corrected chi connectivity index (χ2v) is 5.03. The summed E-state index contributed by atoms with van der Waals surface area (Å²) in [4.78, 5) is 23.7. The van der Waals surface area contributed by atoms with Gasteiger partial charge in [-0.25, -0.2) is 9.59 Å². The number of cyclic esters (lactones) is 1. The van der Waals surface area contributed by atoms with Gasteiger partial charge in [0.25, 0.3) is 0 Å². The summed E-state index contributed by atoms with van der Waals surface area (Å²) >= 11 is 0. The zero-order valence-corrected chi connectivity index (χ0v) is 10.6. The number of nitrogens with one attached hydrogen (secondary N) is 1. The molecule has 0 aromatic heterocycles. The maximum Gasteiger partial charge on any atom is 0.408 e. The maximum atomic E-state index is 12.1. The van der Waals surface area contributed by atoms with Gasteiger partial charge in [0.15, 0.2) is 5.54 Å². The first-order valence-electron chi connectivity index (χ1n) is 6.23. The molecular weight excluding hydrogens is 246 g/mol. The van der Waals surface area contributed by atoms with Crippen LogP contribution in [0.2, 0.25) is 0 Å². The number of fused-ring (bicyclic) bond motifs is 1. The number of methoxy groups -OCH3 is 1. The number of hydrogen-bond acceptors (Lipinski definition) is 4. The monoisotopic (exact) mass is 261 g/mol. The molecule has 2 aliphatic rings. The number of ether oxygens (including phenoxy) is 2. The Hall–Kier alpha value is -2.04. The van der Waals surface area contributed by atoms with E-state index in [-0.39, 0.29) is 0 Å². The Morgan fingerprint density at radius 2 is 2.11 bits per heavy atom. The van der Waals surface area contributed by atoms with Gasteiger partial charge < -0.3 is 14.8 Å². The zero-order chi connectivity index (χ0) is 13.5. The smallest absolute Gasteiger partial charge is 0.408 e. The van der Waals surface area contributed by atoms with E-state index in [1.165, 1.54) is 7.11 Å². The van der Waals surface area contributed by atoms with Gasteiger partial charge in [-0.05, 0) is 18.4 Å². The summed E-state index contributed by atoms with van der Waals surface area (Å²) in [5.41, 5.74) is -0.351. The lowest BCUT2D eigenvalue weighted by atomic mass is 9.87. The topological polar surface area (TPSA) is 64.6 Å². The van der Waals surface area contributed by atoms with Crippen LogP contribution < -0.4 is 5.32 Å². The summed E-state index contributed by atoms with van der Waals surface area (Å²) in [6.07, 6.45) is 0.622. The van der Waals surface area contributed by atoms with Crippen LogP contribution >= 0.6 is 0 Å². The van der Waals surface area contributed by atoms with Crippen LogP contribution in [0, 0.1) is 0 Å². The molecule has 19 heavy (non-hydrogen) atoms. The molecule has 2 unspecified atom stereocenters. The second-order valence-electron chi connectivity index (χ2n) is 5.03. The predicted octanol–water partition coefficient (Wildman–Crippen LogP) is 1.37. The third-order valence-electron chi connectivity index (χ3n) is 4.20. The normalized spacial score (nSPS) is 32.4. The van der Waals surface area contributed by atoms with E-state index in [9.17, 15) is 9.59 Å². The molecule has 1 aliphatic carbocycles. The lowest BCUT2D eigenvalue weighted by Gasteiger charge is -2.21. The molecule has 1 saturated carbocycles. The fraction of sp³-hybridized carbons (Fsp3) is 0.429. The van der Waals surface area contributed by atoms with E-state index in [0.29, 0.717) is 19.4 Å². The van der Waals surface area contributed by atoms with Gasteiger partial charge in [-0.1, -0.05) is 30.3 Å². The van der Waals surface area contributed by atoms with E-state index in [0.717, 1.165) is 5.56 Å². The molecule has 1 N–H and O–H groups in total. The molecule has 3 rings (SSSR count). The van der Waals surface area contributed by atoms with Crippen molar-refractivity contribution < 1.29 is 19.1 Å². The van der Waals surface area contributed by atoms with Crippen LogP contribution in [0.3, 0.4) is 0 Å². The summed E-state index contributed by atoms with van der Waals surface area (Å²) in [7, 11) is 1.34. The molecule has 1 heterocycles. The molecule has 2 atom stereocenters. The lowest BCUT2D eigenvalue weighted by molar-refractivity contribution is -0.144. The van der Waals surface area contributed by atoms with E-state index in [1.807, 2.05) is 30.3 Å². The van der Waals surface area contributed by atoms with Crippen LogP contribution in [0.15, 0.2) is 30.3 Å². The molecule has 1 amide bonds. The van der Waals surface area contributed by atoms with Crippen LogP contribution in [-0.4, -0.2) is 31.3 Å². The molecule has 0 radical (unpaired) electrons. The Balaban J connectivity index is 2.05. The van der Waals surface area contributed by atoms with Crippen molar-refractivity contribution in [3.05, 3.63) is 35.9 Å². The number of esters is 1. The first kappa shape index (κ1) is 12.0. The Kier molecular flexibility index (Phi) is 2.52. The van der Waals surface area contributed by atoms with E-state index in [4.69, 9.17) is 9.47 Å². The molecule has 100 valence electrons. The van der Waals surface area contributed by atoms with Gasteiger partial charge in [0.05, 0.1) is 13.7 Å². The van der Waals surface area contributed by atoms with Crippen LogP contribution in [-0.2, 0) is 19.7 Å². The van der Waals surface area contributed by atoms with Crippen molar-refractivity contribution in [3.8, 4) is 0 Å². The number of carbonyl (C=O) groups excluding carboxylic acids is 2. The minimum atomic E-state index is -0.976. The van der Waals surface area contributed by atoms with E-state index < -0.39 is 23.0 Å². The van der Waals surface area contributed by atoms with Crippen molar-refractivity contribution >= 4 is 12.1 Å². The average molecular weight is 261 g/mol. The lowest BCUT2D eigenvalue weighted by Crippen LogP contribution is -2.48. The number of carbonyl (C=O) groups is 2. The highest BCUT2D eigenvalue weighted by Gasteiger charge is 2.75.